The van der Waals surface area contributed by atoms with Gasteiger partial charge >= 0.3 is 0 Å². The topological polar surface area (TPSA) is 63.8 Å². The van der Waals surface area contributed by atoms with Crippen LogP contribution in [0, 0.1) is 17.9 Å². The zero-order valence-corrected chi connectivity index (χ0v) is 37.5. The van der Waals surface area contributed by atoms with E-state index in [9.17, 15) is 11.8 Å². The molecule has 0 radical (unpaired) electrons. The second-order valence-electron chi connectivity index (χ2n) is 17.4. The first-order valence-electron chi connectivity index (χ1n) is 22.4. The van der Waals surface area contributed by atoms with Crippen LogP contribution in [0.2, 0.25) is 0 Å². The normalized spacial score (nSPS) is 12.1. The van der Waals surface area contributed by atoms with Crippen molar-refractivity contribution < 1.29 is 0 Å². The van der Waals surface area contributed by atoms with Crippen LogP contribution in [-0.4, -0.2) is 19.1 Å². The molecule has 9 aromatic carbocycles. The predicted octanol–water partition coefficient (Wildman–Crippen LogP) is 16.9. The van der Waals surface area contributed by atoms with Crippen LogP contribution in [-0.2, 0) is 0 Å². The van der Waals surface area contributed by atoms with Gasteiger partial charge in [0.1, 0.15) is 6.07 Å². The van der Waals surface area contributed by atoms with Crippen molar-refractivity contribution in [1.29, 1.82) is 5.26 Å². The number of hydrogen-bond donors (Lipinski definition) is 0. The van der Waals surface area contributed by atoms with Crippen molar-refractivity contribution in [2.45, 2.75) is 0 Å². The van der Waals surface area contributed by atoms with Crippen molar-refractivity contribution in [3.63, 3.8) is 0 Å². The number of thiophene rings is 2. The van der Waals surface area contributed by atoms with Gasteiger partial charge < -0.3 is 9.13 Å². The van der Waals surface area contributed by atoms with Crippen LogP contribution in [0.3, 0.4) is 0 Å². The highest BCUT2D eigenvalue weighted by Crippen LogP contribution is 2.55. The summed E-state index contributed by atoms with van der Waals surface area (Å²) in [6.07, 6.45) is 7.78. The number of hydrogen-bond acceptors (Lipinski definition) is 5. The molecule has 0 aliphatic heterocycles. The van der Waals surface area contributed by atoms with Gasteiger partial charge in [-0.2, -0.15) is 5.26 Å². The van der Waals surface area contributed by atoms with E-state index >= 15 is 0 Å². The molecule has 0 unspecified atom stereocenters. The van der Waals surface area contributed by atoms with E-state index < -0.39 is 0 Å². The van der Waals surface area contributed by atoms with Gasteiger partial charge in [-0.15, -0.1) is 22.7 Å². The molecule has 0 saturated carbocycles. The van der Waals surface area contributed by atoms with Crippen molar-refractivity contribution in [2.75, 3.05) is 0 Å². The summed E-state index contributed by atoms with van der Waals surface area (Å²) >= 11 is 3.60. The maximum atomic E-state index is 12.0. The number of benzene rings is 9. The van der Waals surface area contributed by atoms with E-state index in [0.29, 0.717) is 28.2 Å². The molecule has 15 rings (SSSR count). The lowest BCUT2D eigenvalue weighted by molar-refractivity contribution is 1.13. The Morgan fingerprint density at radius 3 is 1.56 bits per heavy atom. The van der Waals surface area contributed by atoms with Crippen LogP contribution < -0.4 is 0 Å². The lowest BCUT2D eigenvalue weighted by Gasteiger charge is -2.25. The van der Waals surface area contributed by atoms with E-state index in [1.54, 1.807) is 11.3 Å². The van der Waals surface area contributed by atoms with Crippen LogP contribution in [0.4, 0.5) is 5.69 Å². The molecule has 0 atom stereocenters. The first-order valence-corrected chi connectivity index (χ1v) is 24.0. The summed E-state index contributed by atoms with van der Waals surface area (Å²) in [5.41, 5.74) is 8.93. The van der Waals surface area contributed by atoms with Crippen molar-refractivity contribution in [3.8, 4) is 39.7 Å². The van der Waals surface area contributed by atoms with Gasteiger partial charge in [-0.3, -0.25) is 9.97 Å². The SMILES string of the molecule is [C-]#[N+]c1c(-c2ccccc2)c(C#N)c(-n2c3ccc4c5ccccc5sc4c3c3ccc4c5ccccc5sc4c32)c(-c2ccccc2)c1-n1c2cncc3c4ccccc4c4cncc1c4c32. The van der Waals surface area contributed by atoms with Gasteiger partial charge in [0, 0.05) is 91.5 Å². The molecule has 0 amide bonds. The Labute approximate surface area is 395 Å². The quantitative estimate of drug-likeness (QED) is 0.131. The summed E-state index contributed by atoms with van der Waals surface area (Å²) in [5, 5.41) is 25.4. The molecule has 0 aliphatic rings. The Hall–Kier alpha value is -8.92. The number of nitrogens with zero attached hydrogens (tertiary/aromatic N) is 6. The number of fused-ring (bicyclic) bond motifs is 14. The van der Waals surface area contributed by atoms with E-state index in [1.165, 1.54) is 30.3 Å². The molecule has 312 valence electrons. The third-order valence-electron chi connectivity index (χ3n) is 14.1. The van der Waals surface area contributed by atoms with Crippen LogP contribution in [0.25, 0.3) is 144 Å². The van der Waals surface area contributed by atoms with Crippen molar-refractivity contribution >= 4 is 134 Å². The lowest BCUT2D eigenvalue weighted by atomic mass is 9.88. The molecule has 6 aromatic heterocycles. The zero-order valence-electron chi connectivity index (χ0n) is 35.8. The molecule has 0 fully saturated rings. The molecule has 0 bridgehead atoms. The molecule has 68 heavy (non-hydrogen) atoms. The number of nitriles is 1. The Bertz CT molecular complexity index is 4670. The Morgan fingerprint density at radius 2 is 0.956 bits per heavy atom. The molecule has 0 N–H and O–H groups in total. The molecule has 15 aromatic rings. The fourth-order valence-corrected chi connectivity index (χ4v) is 13.9. The number of rotatable bonds is 4. The predicted molar refractivity (Wildman–Crippen MR) is 285 cm³/mol. The molecule has 0 saturated heterocycles. The highest BCUT2D eigenvalue weighted by atomic mass is 32.1. The third-order valence-corrected chi connectivity index (χ3v) is 16.5. The molecule has 0 aliphatic carbocycles. The molecule has 0 spiro atoms. The maximum absolute atomic E-state index is 12.0. The number of pyridine rings is 2. The molecule has 8 heteroatoms. The summed E-state index contributed by atoms with van der Waals surface area (Å²) in [5.74, 6) is 0. The first kappa shape index (κ1) is 37.3. The summed E-state index contributed by atoms with van der Waals surface area (Å²) < 4.78 is 9.36. The van der Waals surface area contributed by atoms with E-state index in [1.807, 2.05) is 84.7 Å². The zero-order chi connectivity index (χ0) is 44.8. The van der Waals surface area contributed by atoms with Crippen LogP contribution in [0.1, 0.15) is 5.56 Å². The molecule has 6 heterocycles. The van der Waals surface area contributed by atoms with E-state index in [-0.39, 0.29) is 0 Å². The van der Waals surface area contributed by atoms with Gasteiger partial charge in [-0.1, -0.05) is 140 Å². The number of aromatic nitrogens is 4. The molecule has 6 nitrogen and oxygen atoms in total. The second-order valence-corrected chi connectivity index (χ2v) is 19.5. The largest absolute Gasteiger partial charge is 0.315 e. The minimum absolute atomic E-state index is 0.376. The minimum Gasteiger partial charge on any atom is -0.315 e. The molecular formula is C60H30N6S2. The lowest BCUT2D eigenvalue weighted by Crippen LogP contribution is -2.09. The Morgan fingerprint density at radius 1 is 0.441 bits per heavy atom. The van der Waals surface area contributed by atoms with Gasteiger partial charge in [0.25, 0.3) is 0 Å². The Balaban J connectivity index is 1.25. The first-order chi connectivity index (χ1) is 33.7. The van der Waals surface area contributed by atoms with Crippen LogP contribution in [0.5, 0.6) is 0 Å². The highest BCUT2D eigenvalue weighted by Gasteiger charge is 2.33. The Kier molecular flexibility index (Phi) is 7.58. The molecular weight excluding hydrogens is 869 g/mol. The van der Waals surface area contributed by atoms with Crippen LogP contribution >= 0.6 is 22.7 Å². The van der Waals surface area contributed by atoms with Gasteiger partial charge in [0.2, 0.25) is 5.69 Å². The fourth-order valence-electron chi connectivity index (χ4n) is 11.4. The van der Waals surface area contributed by atoms with Gasteiger partial charge in [0.15, 0.2) is 0 Å². The fraction of sp³-hybridized carbons (Fsp3) is 0. The average Bonchev–Trinajstić information content (AvgIpc) is 4.16. The minimum atomic E-state index is 0.376. The summed E-state index contributed by atoms with van der Waals surface area (Å²) in [7, 11) is 0. The standard InChI is InChI=1S/C60H30N6S2/c1-62-55-50(33-14-4-2-5-15-33)42(28-61)56(51(34-16-6-3-7-17-34)58(55)65-46-31-63-29-43-35-18-8-9-19-36(35)44-30-64-32-47(65)53(44)52(43)46)66-45-27-26-39-37-20-10-12-22-48(37)67-59(39)54(45)41-25-24-40-38-21-11-13-23-49(38)68-60(40)57(41)66/h2-27,29-32H. The smallest absolute Gasteiger partial charge is 0.220 e. The van der Waals surface area contributed by atoms with E-state index in [2.05, 4.69) is 129 Å². The van der Waals surface area contributed by atoms with Crippen molar-refractivity contribution in [1.82, 2.24) is 19.1 Å². The highest BCUT2D eigenvalue weighted by molar-refractivity contribution is 7.27. The van der Waals surface area contributed by atoms with Crippen molar-refractivity contribution in [2.24, 2.45) is 0 Å². The van der Waals surface area contributed by atoms with E-state index in [4.69, 9.17) is 9.97 Å². The summed E-state index contributed by atoms with van der Waals surface area (Å²) in [6, 6.07) is 58.0. The van der Waals surface area contributed by atoms with Gasteiger partial charge in [-0.05, 0) is 40.1 Å². The van der Waals surface area contributed by atoms with E-state index in [0.717, 1.165) is 91.9 Å². The van der Waals surface area contributed by atoms with Crippen molar-refractivity contribution in [3.05, 3.63) is 199 Å². The van der Waals surface area contributed by atoms with Crippen LogP contribution in [0.15, 0.2) is 183 Å². The van der Waals surface area contributed by atoms with Gasteiger partial charge in [-0.25, -0.2) is 4.85 Å². The summed E-state index contributed by atoms with van der Waals surface area (Å²) in [4.78, 5) is 14.4. The average molecular weight is 899 g/mol. The van der Waals surface area contributed by atoms with Gasteiger partial charge in [0.05, 0.1) is 62.7 Å². The summed E-state index contributed by atoms with van der Waals surface area (Å²) in [6.45, 7) is 9.31. The maximum Gasteiger partial charge on any atom is 0.220 e. The monoisotopic (exact) mass is 898 g/mol. The third kappa shape index (κ3) is 4.77. The second kappa shape index (κ2) is 13.8.